The Morgan fingerprint density at radius 2 is 1.90 bits per heavy atom. The molecule has 0 aromatic heterocycles. The zero-order valence-electron chi connectivity index (χ0n) is 12.4. The molecular weight excluding hydrogens is 310 g/mol. The zero-order chi connectivity index (χ0) is 13.9. The van der Waals surface area contributed by atoms with Gasteiger partial charge in [0, 0.05) is 16.6 Å². The minimum absolute atomic E-state index is 0.761. The van der Waals surface area contributed by atoms with Crippen molar-refractivity contribution in [3.05, 3.63) is 34.3 Å². The average Bonchev–Trinajstić information content (AvgIpc) is 2.58. The third-order valence-electron chi connectivity index (χ3n) is 5.19. The number of nitrogens with one attached hydrogen (secondary N) is 1. The molecule has 2 unspecified atom stereocenters. The van der Waals surface area contributed by atoms with Crippen LogP contribution in [0.25, 0.3) is 0 Å². The van der Waals surface area contributed by atoms with E-state index in [0.717, 1.165) is 23.9 Å². The van der Waals surface area contributed by atoms with E-state index in [9.17, 15) is 0 Å². The maximum atomic E-state index is 3.92. The molecular formula is C18H26BrN. The molecule has 2 saturated carbocycles. The maximum absolute atomic E-state index is 3.92. The lowest BCUT2D eigenvalue weighted by Gasteiger charge is -2.39. The predicted octanol–water partition coefficient (Wildman–Crippen LogP) is 5.25. The van der Waals surface area contributed by atoms with E-state index in [1.165, 1.54) is 55.0 Å². The van der Waals surface area contributed by atoms with E-state index in [2.05, 4.69) is 52.4 Å². The molecule has 1 nitrogen and oxygen atoms in total. The third-order valence-corrected chi connectivity index (χ3v) is 5.68. The highest BCUT2D eigenvalue weighted by Crippen LogP contribution is 2.38. The molecule has 2 aliphatic rings. The van der Waals surface area contributed by atoms with E-state index in [1.54, 1.807) is 0 Å². The van der Waals surface area contributed by atoms with Gasteiger partial charge in [-0.1, -0.05) is 47.8 Å². The third kappa shape index (κ3) is 3.65. The fourth-order valence-electron chi connectivity index (χ4n) is 3.77. The van der Waals surface area contributed by atoms with E-state index >= 15 is 0 Å². The van der Waals surface area contributed by atoms with Crippen LogP contribution in [-0.4, -0.2) is 12.1 Å². The van der Waals surface area contributed by atoms with Crippen molar-refractivity contribution in [2.75, 3.05) is 0 Å². The molecule has 2 heteroatoms. The van der Waals surface area contributed by atoms with E-state index in [1.807, 2.05) is 0 Å². The van der Waals surface area contributed by atoms with E-state index in [4.69, 9.17) is 0 Å². The van der Waals surface area contributed by atoms with Gasteiger partial charge in [-0.3, -0.25) is 0 Å². The highest BCUT2D eigenvalue weighted by molar-refractivity contribution is 9.10. The van der Waals surface area contributed by atoms with Gasteiger partial charge in [-0.25, -0.2) is 0 Å². The topological polar surface area (TPSA) is 12.0 Å². The average molecular weight is 336 g/mol. The highest BCUT2D eigenvalue weighted by atomic mass is 79.9. The van der Waals surface area contributed by atoms with Crippen LogP contribution in [-0.2, 0) is 0 Å². The second-order valence-electron chi connectivity index (χ2n) is 6.90. The second-order valence-corrected chi connectivity index (χ2v) is 7.81. The van der Waals surface area contributed by atoms with Crippen molar-refractivity contribution in [3.8, 4) is 0 Å². The van der Waals surface area contributed by atoms with Crippen LogP contribution in [0.4, 0.5) is 0 Å². The van der Waals surface area contributed by atoms with Crippen molar-refractivity contribution in [2.45, 2.75) is 69.9 Å². The van der Waals surface area contributed by atoms with E-state index in [-0.39, 0.29) is 0 Å². The van der Waals surface area contributed by atoms with Gasteiger partial charge in [0.2, 0.25) is 0 Å². The summed E-state index contributed by atoms with van der Waals surface area (Å²) >= 11 is 3.58. The van der Waals surface area contributed by atoms with Crippen molar-refractivity contribution < 1.29 is 0 Å². The van der Waals surface area contributed by atoms with Crippen molar-refractivity contribution in [1.29, 1.82) is 0 Å². The molecule has 0 aliphatic heterocycles. The monoisotopic (exact) mass is 335 g/mol. The minimum atomic E-state index is 0.761. The summed E-state index contributed by atoms with van der Waals surface area (Å²) in [5.74, 6) is 1.72. The summed E-state index contributed by atoms with van der Waals surface area (Å²) in [5, 5.41) is 3.92. The fourth-order valence-corrected chi connectivity index (χ4v) is 4.19. The largest absolute Gasteiger partial charge is 0.311 e. The Kier molecular flexibility index (Phi) is 4.83. The van der Waals surface area contributed by atoms with Crippen LogP contribution in [0.1, 0.15) is 63.4 Å². The quantitative estimate of drug-likeness (QED) is 0.743. The van der Waals surface area contributed by atoms with Gasteiger partial charge in [-0.15, -0.1) is 0 Å². The summed E-state index contributed by atoms with van der Waals surface area (Å²) in [4.78, 5) is 0. The van der Waals surface area contributed by atoms with Gasteiger partial charge in [0.05, 0.1) is 0 Å². The fraction of sp³-hybridized carbons (Fsp3) is 0.667. The van der Waals surface area contributed by atoms with Gasteiger partial charge in [-0.05, 0) is 61.6 Å². The molecule has 0 amide bonds. The van der Waals surface area contributed by atoms with Crippen molar-refractivity contribution in [2.24, 2.45) is 5.92 Å². The van der Waals surface area contributed by atoms with Gasteiger partial charge in [-0.2, -0.15) is 0 Å². The van der Waals surface area contributed by atoms with Crippen LogP contribution >= 0.6 is 15.9 Å². The molecule has 3 rings (SSSR count). The first kappa shape index (κ1) is 14.6. The molecule has 2 aliphatic carbocycles. The molecule has 0 saturated heterocycles. The summed E-state index contributed by atoms with van der Waals surface area (Å²) in [6.45, 7) is 2.41. The summed E-state index contributed by atoms with van der Waals surface area (Å²) in [5.41, 5.74) is 1.51. The number of hydrogen-bond acceptors (Lipinski definition) is 1. The van der Waals surface area contributed by atoms with Gasteiger partial charge >= 0.3 is 0 Å². The van der Waals surface area contributed by atoms with Crippen molar-refractivity contribution in [3.63, 3.8) is 0 Å². The molecule has 110 valence electrons. The van der Waals surface area contributed by atoms with Crippen molar-refractivity contribution >= 4 is 15.9 Å². The molecule has 20 heavy (non-hydrogen) atoms. The zero-order valence-corrected chi connectivity index (χ0v) is 14.0. The Hall–Kier alpha value is -0.340. The van der Waals surface area contributed by atoms with Gasteiger partial charge in [0.25, 0.3) is 0 Å². The molecule has 0 radical (unpaired) electrons. The van der Waals surface area contributed by atoms with E-state index in [0.29, 0.717) is 0 Å². The minimum Gasteiger partial charge on any atom is -0.311 e. The lowest BCUT2D eigenvalue weighted by Crippen LogP contribution is -2.45. The first-order valence-electron chi connectivity index (χ1n) is 8.22. The van der Waals surface area contributed by atoms with Crippen LogP contribution in [0.5, 0.6) is 0 Å². The Morgan fingerprint density at radius 3 is 2.70 bits per heavy atom. The number of halogens is 1. The Bertz CT molecular complexity index is 439. The van der Waals surface area contributed by atoms with Gasteiger partial charge in [0.15, 0.2) is 0 Å². The predicted molar refractivity (Wildman–Crippen MR) is 89.1 cm³/mol. The van der Waals surface area contributed by atoms with Gasteiger partial charge < -0.3 is 5.32 Å². The number of rotatable bonds is 3. The molecule has 0 bridgehead atoms. The summed E-state index contributed by atoms with van der Waals surface area (Å²) < 4.78 is 1.21. The molecule has 1 aromatic carbocycles. The first-order valence-corrected chi connectivity index (χ1v) is 9.01. The summed E-state index contributed by atoms with van der Waals surface area (Å²) in [6, 6.07) is 10.4. The Labute approximate surface area is 131 Å². The molecule has 1 N–H and O–H groups in total. The standard InChI is InChI=1S/C18H26BrN/c1-13-4-2-7-17(9-8-13)20-18-11-15(12-18)14-5-3-6-16(19)10-14/h3,5-6,10,13,15,17-18,20H,2,4,7-9,11-12H2,1H3. The summed E-state index contributed by atoms with van der Waals surface area (Å²) in [6.07, 6.45) is 9.69. The smallest absolute Gasteiger partial charge is 0.0178 e. The SMILES string of the molecule is CC1CCCC(NC2CC(c3cccc(Br)c3)C2)CC1. The molecule has 0 spiro atoms. The molecule has 2 atom stereocenters. The van der Waals surface area contributed by atoms with E-state index < -0.39 is 0 Å². The lowest BCUT2D eigenvalue weighted by molar-refractivity contribution is 0.254. The van der Waals surface area contributed by atoms with Crippen LogP contribution in [0, 0.1) is 5.92 Å². The number of hydrogen-bond donors (Lipinski definition) is 1. The van der Waals surface area contributed by atoms with Crippen LogP contribution < -0.4 is 5.32 Å². The molecule has 0 heterocycles. The first-order chi connectivity index (χ1) is 9.70. The second kappa shape index (κ2) is 6.62. The van der Waals surface area contributed by atoms with Crippen LogP contribution in [0.3, 0.4) is 0 Å². The lowest BCUT2D eigenvalue weighted by atomic mass is 9.75. The number of benzene rings is 1. The Balaban J connectivity index is 1.46. The van der Waals surface area contributed by atoms with Crippen LogP contribution in [0.15, 0.2) is 28.7 Å². The normalized spacial score (nSPS) is 34.3. The Morgan fingerprint density at radius 1 is 1.05 bits per heavy atom. The highest BCUT2D eigenvalue weighted by Gasteiger charge is 2.31. The van der Waals surface area contributed by atoms with Gasteiger partial charge in [0.1, 0.15) is 0 Å². The van der Waals surface area contributed by atoms with Crippen molar-refractivity contribution in [1.82, 2.24) is 5.32 Å². The summed E-state index contributed by atoms with van der Waals surface area (Å²) in [7, 11) is 0. The maximum Gasteiger partial charge on any atom is 0.0178 e. The molecule has 2 fully saturated rings. The molecule has 1 aromatic rings. The van der Waals surface area contributed by atoms with Crippen LogP contribution in [0.2, 0.25) is 0 Å².